The van der Waals surface area contributed by atoms with Gasteiger partial charge in [-0.1, -0.05) is 29.8 Å². The number of likely N-dealkylation sites (tertiary alicyclic amines) is 1. The highest BCUT2D eigenvalue weighted by atomic mass is 35.5. The second-order valence-electron chi connectivity index (χ2n) is 7.46. The van der Waals surface area contributed by atoms with Gasteiger partial charge < -0.3 is 14.8 Å². The minimum Gasteiger partial charge on any atom is -0.374 e. The molecule has 0 spiro atoms. The van der Waals surface area contributed by atoms with Gasteiger partial charge in [0.15, 0.2) is 5.83 Å². The van der Waals surface area contributed by atoms with E-state index in [2.05, 4.69) is 16.9 Å². The molecule has 4 rings (SSSR count). The first-order valence-electron chi connectivity index (χ1n) is 10.9. The number of hydrogen-bond donors (Lipinski definition) is 1. The highest BCUT2D eigenvalue weighted by Crippen LogP contribution is 2.43. The monoisotopic (exact) mass is 481 g/mol. The Morgan fingerprint density at radius 1 is 1.34 bits per heavy atom. The number of amides is 1. The lowest BCUT2D eigenvalue weighted by Gasteiger charge is -2.33. The molecule has 1 aromatic heterocycles. The van der Waals surface area contributed by atoms with Crippen LogP contribution in [0.5, 0.6) is 0 Å². The molecule has 2 heterocycles. The fourth-order valence-corrected chi connectivity index (χ4v) is 4.46. The van der Waals surface area contributed by atoms with E-state index < -0.39 is 35.6 Å². The van der Waals surface area contributed by atoms with Crippen molar-refractivity contribution in [2.24, 2.45) is 6.98 Å². The third-order valence-corrected chi connectivity index (χ3v) is 6.26. The van der Waals surface area contributed by atoms with Gasteiger partial charge in [0.25, 0.3) is 11.5 Å². The number of anilines is 1. The smallest absolute Gasteiger partial charge is 0.282 e. The summed E-state index contributed by atoms with van der Waals surface area (Å²) in [6, 6.07) is 6.85. The van der Waals surface area contributed by atoms with Gasteiger partial charge in [-0.15, -0.1) is 0 Å². The Hall–Kier alpha value is -2.97. The van der Waals surface area contributed by atoms with E-state index in [9.17, 15) is 14.0 Å². The van der Waals surface area contributed by atoms with Gasteiger partial charge in [-0.3, -0.25) is 9.59 Å². The summed E-state index contributed by atoms with van der Waals surface area (Å²) in [5.41, 5.74) is -1.63. The molecule has 10 heteroatoms. The third kappa shape index (κ3) is 3.73. The summed E-state index contributed by atoms with van der Waals surface area (Å²) in [5.74, 6) is -2.82. The lowest BCUT2D eigenvalue weighted by Crippen LogP contribution is -2.41. The summed E-state index contributed by atoms with van der Waals surface area (Å²) < 4.78 is 51.8. The molecular weight excluding hydrogens is 461 g/mol. The van der Waals surface area contributed by atoms with E-state index in [4.69, 9.17) is 27.3 Å². The first-order valence-corrected chi connectivity index (χ1v) is 10.2. The van der Waals surface area contributed by atoms with Crippen LogP contribution in [0.4, 0.5) is 14.5 Å². The van der Waals surface area contributed by atoms with E-state index >= 15 is 4.39 Å². The van der Waals surface area contributed by atoms with E-state index in [1.54, 1.807) is 6.07 Å². The summed E-state index contributed by atoms with van der Waals surface area (Å²) in [4.78, 5) is 30.3. The van der Waals surface area contributed by atoms with Gasteiger partial charge in [0.05, 0.1) is 32.8 Å². The summed E-state index contributed by atoms with van der Waals surface area (Å²) in [5, 5.41) is 3.13. The Kier molecular flexibility index (Phi) is 4.75. The highest BCUT2D eigenvalue weighted by molar-refractivity contribution is 6.42. The molecule has 1 fully saturated rings. The average molecular weight is 482 g/mol. The van der Waals surface area contributed by atoms with Crippen molar-refractivity contribution >= 4 is 45.7 Å². The number of carbonyl (C=O) groups is 1. The summed E-state index contributed by atoms with van der Waals surface area (Å²) in [7, 11) is 0. The van der Waals surface area contributed by atoms with Crippen LogP contribution < -0.4 is 10.9 Å². The summed E-state index contributed by atoms with van der Waals surface area (Å²) in [6.07, 6.45) is 1.06. The standard InChI is InChI=1S/C22H18Cl2F2N4O2/c1-12(25)20(31)30-8-7-22(10-30,18-16(26)5-4-15(23)19(18)24)28-13-3-6-17-14(9-13)21(32)29(2)11-27-17/h3-6,9,11,28H,1,7-8,10H2,2H3/t22-/m1/s1/i2D3. The molecule has 2 aromatic carbocycles. The van der Waals surface area contributed by atoms with Gasteiger partial charge in [0, 0.05) is 35.4 Å². The molecule has 1 saturated heterocycles. The number of rotatable bonds is 4. The van der Waals surface area contributed by atoms with Crippen molar-refractivity contribution in [3.05, 3.63) is 80.8 Å². The molecule has 0 bridgehead atoms. The molecule has 0 unspecified atom stereocenters. The predicted octanol–water partition coefficient (Wildman–Crippen LogP) is 4.40. The molecule has 1 atom stereocenters. The number of nitrogens with zero attached hydrogens (tertiary/aromatic N) is 3. The number of fused-ring (bicyclic) bond motifs is 1. The maximum Gasteiger partial charge on any atom is 0.282 e. The van der Waals surface area contributed by atoms with Crippen LogP contribution in [0, 0.1) is 5.82 Å². The molecule has 0 radical (unpaired) electrons. The van der Waals surface area contributed by atoms with E-state index in [0.29, 0.717) is 10.3 Å². The number of carbonyl (C=O) groups excluding carboxylic acids is 1. The molecule has 166 valence electrons. The molecule has 32 heavy (non-hydrogen) atoms. The molecule has 0 saturated carbocycles. The predicted molar refractivity (Wildman–Crippen MR) is 120 cm³/mol. The molecule has 0 aliphatic carbocycles. The maximum absolute atomic E-state index is 15.1. The van der Waals surface area contributed by atoms with E-state index in [1.165, 1.54) is 18.2 Å². The first-order chi connectivity index (χ1) is 16.3. The van der Waals surface area contributed by atoms with Crippen LogP contribution in [0.1, 0.15) is 16.1 Å². The van der Waals surface area contributed by atoms with E-state index in [0.717, 1.165) is 17.3 Å². The van der Waals surface area contributed by atoms with Crippen molar-refractivity contribution < 1.29 is 17.7 Å². The number of aryl methyl sites for hydroxylation is 1. The lowest BCUT2D eigenvalue weighted by atomic mass is 9.87. The molecular formula is C22H18Cl2F2N4O2. The average Bonchev–Trinajstić information content (AvgIpc) is 3.20. The van der Waals surface area contributed by atoms with Gasteiger partial charge in [0.2, 0.25) is 0 Å². The fraction of sp³-hybridized carbons (Fsp3) is 0.227. The topological polar surface area (TPSA) is 67.2 Å². The van der Waals surface area contributed by atoms with Crippen molar-refractivity contribution in [3.8, 4) is 0 Å². The molecule has 1 N–H and O–H groups in total. The van der Waals surface area contributed by atoms with Crippen LogP contribution in [-0.2, 0) is 17.3 Å². The zero-order chi connectivity index (χ0) is 25.7. The quantitative estimate of drug-likeness (QED) is 0.442. The second-order valence-corrected chi connectivity index (χ2v) is 8.24. The Balaban J connectivity index is 1.85. The first kappa shape index (κ1) is 18.6. The largest absolute Gasteiger partial charge is 0.374 e. The normalized spacial score (nSPS) is 20.0. The van der Waals surface area contributed by atoms with Crippen LogP contribution in [-0.4, -0.2) is 33.4 Å². The number of halogens is 4. The van der Waals surface area contributed by atoms with Gasteiger partial charge in [0.1, 0.15) is 5.82 Å². The zero-order valence-corrected chi connectivity index (χ0v) is 18.0. The number of benzene rings is 2. The lowest BCUT2D eigenvalue weighted by molar-refractivity contribution is -0.127. The molecule has 6 nitrogen and oxygen atoms in total. The molecule has 1 aliphatic heterocycles. The van der Waals surface area contributed by atoms with Crippen molar-refractivity contribution in [1.82, 2.24) is 14.5 Å². The highest BCUT2D eigenvalue weighted by Gasteiger charge is 2.45. The van der Waals surface area contributed by atoms with Crippen LogP contribution in [0.3, 0.4) is 0 Å². The SMILES string of the molecule is [2H]C([2H])([2H])n1cnc2ccc(N[C@]3(c4c(F)ccc(Cl)c4Cl)CCN(C(=O)C(=C)F)C3)cc2c1=O. The second kappa shape index (κ2) is 8.18. The molecule has 1 aliphatic rings. The van der Waals surface area contributed by atoms with E-state index in [1.807, 2.05) is 0 Å². The van der Waals surface area contributed by atoms with E-state index in [-0.39, 0.29) is 46.0 Å². The third-order valence-electron chi connectivity index (χ3n) is 5.45. The molecule has 3 aromatic rings. The van der Waals surface area contributed by atoms with Gasteiger partial charge in [-0.2, -0.15) is 0 Å². The Morgan fingerprint density at radius 3 is 2.84 bits per heavy atom. The molecule has 1 amide bonds. The van der Waals surface area contributed by atoms with Crippen LogP contribution in [0.15, 0.2) is 53.9 Å². The Morgan fingerprint density at radius 2 is 2.12 bits per heavy atom. The van der Waals surface area contributed by atoms with Gasteiger partial charge in [-0.25, -0.2) is 13.8 Å². The van der Waals surface area contributed by atoms with Crippen molar-refractivity contribution in [2.75, 3.05) is 18.4 Å². The van der Waals surface area contributed by atoms with Crippen molar-refractivity contribution in [1.29, 1.82) is 0 Å². The van der Waals surface area contributed by atoms with Crippen molar-refractivity contribution in [3.63, 3.8) is 0 Å². The fourth-order valence-electron chi connectivity index (χ4n) is 3.97. The van der Waals surface area contributed by atoms with Crippen LogP contribution in [0.2, 0.25) is 10.0 Å². The Bertz CT molecular complexity index is 1430. The summed E-state index contributed by atoms with van der Waals surface area (Å²) >= 11 is 12.5. The summed E-state index contributed by atoms with van der Waals surface area (Å²) in [6.45, 7) is 0.171. The number of aromatic nitrogens is 2. The van der Waals surface area contributed by atoms with Gasteiger partial charge in [-0.05, 0) is 36.8 Å². The van der Waals surface area contributed by atoms with Gasteiger partial charge >= 0.3 is 0 Å². The maximum atomic E-state index is 15.1. The van der Waals surface area contributed by atoms with Crippen LogP contribution in [0.25, 0.3) is 10.9 Å². The number of hydrogen-bond acceptors (Lipinski definition) is 4. The van der Waals surface area contributed by atoms with Crippen molar-refractivity contribution in [2.45, 2.75) is 12.0 Å². The minimum atomic E-state index is -2.73. The Labute approximate surface area is 196 Å². The zero-order valence-electron chi connectivity index (χ0n) is 19.5. The minimum absolute atomic E-state index is 0.00417. The van der Waals surface area contributed by atoms with Crippen LogP contribution >= 0.6 is 23.2 Å². The number of nitrogens with one attached hydrogen (secondary N) is 1.